The molecule has 2 aliphatic heterocycles. The number of hydrogen-bond donors (Lipinski definition) is 1. The van der Waals surface area contributed by atoms with Crippen LogP contribution in [0, 0.1) is 5.92 Å². The van der Waals surface area contributed by atoms with Gasteiger partial charge in [0.1, 0.15) is 11.9 Å². The molecular formula is C15H15NO6. The van der Waals surface area contributed by atoms with E-state index in [1.54, 1.807) is 30.3 Å². The van der Waals surface area contributed by atoms with Crippen LogP contribution in [-0.4, -0.2) is 47.6 Å². The third-order valence-corrected chi connectivity index (χ3v) is 3.64. The molecule has 0 radical (unpaired) electrons. The van der Waals surface area contributed by atoms with Gasteiger partial charge in [-0.25, -0.2) is 14.5 Å². The van der Waals surface area contributed by atoms with Gasteiger partial charge in [-0.3, -0.25) is 0 Å². The first kappa shape index (κ1) is 14.4. The van der Waals surface area contributed by atoms with E-state index in [-0.39, 0.29) is 0 Å². The molecule has 1 fully saturated rings. The SMILES string of the molecule is COC(=O)N1C=CC2C(Oc3ccccc3)C(=O)OC1[C@H]2O. The van der Waals surface area contributed by atoms with Crippen LogP contribution in [0.1, 0.15) is 0 Å². The van der Waals surface area contributed by atoms with E-state index in [0.29, 0.717) is 5.75 Å². The highest BCUT2D eigenvalue weighted by molar-refractivity contribution is 5.79. The monoisotopic (exact) mass is 305 g/mol. The predicted molar refractivity (Wildman–Crippen MR) is 73.6 cm³/mol. The van der Waals surface area contributed by atoms with Crippen molar-refractivity contribution in [2.45, 2.75) is 18.4 Å². The summed E-state index contributed by atoms with van der Waals surface area (Å²) in [4.78, 5) is 24.8. The van der Waals surface area contributed by atoms with Crippen molar-refractivity contribution in [1.82, 2.24) is 4.90 Å². The number of carbonyl (C=O) groups is 2. The minimum atomic E-state index is -1.11. The molecule has 0 saturated carbocycles. The first-order valence-electron chi connectivity index (χ1n) is 6.76. The van der Waals surface area contributed by atoms with Gasteiger partial charge in [0.05, 0.1) is 13.0 Å². The molecule has 22 heavy (non-hydrogen) atoms. The van der Waals surface area contributed by atoms with Crippen LogP contribution in [-0.2, 0) is 14.3 Å². The summed E-state index contributed by atoms with van der Waals surface area (Å²) in [7, 11) is 1.21. The molecule has 116 valence electrons. The van der Waals surface area contributed by atoms with Crippen molar-refractivity contribution in [3.63, 3.8) is 0 Å². The summed E-state index contributed by atoms with van der Waals surface area (Å²) in [5.41, 5.74) is 0. The Morgan fingerprint density at radius 3 is 2.73 bits per heavy atom. The molecule has 1 saturated heterocycles. The molecule has 4 atom stereocenters. The summed E-state index contributed by atoms with van der Waals surface area (Å²) in [6, 6.07) is 8.79. The Bertz CT molecular complexity index is 601. The van der Waals surface area contributed by atoms with Gasteiger partial charge in [0, 0.05) is 6.20 Å². The number of methoxy groups -OCH3 is 1. The number of rotatable bonds is 2. The molecule has 3 unspecified atom stereocenters. The summed E-state index contributed by atoms with van der Waals surface area (Å²) in [6.07, 6.45) is -0.895. The first-order valence-corrected chi connectivity index (χ1v) is 6.76. The Morgan fingerprint density at radius 1 is 1.32 bits per heavy atom. The van der Waals surface area contributed by atoms with Crippen LogP contribution in [0.4, 0.5) is 4.79 Å². The van der Waals surface area contributed by atoms with Gasteiger partial charge < -0.3 is 19.3 Å². The minimum absolute atomic E-state index is 0.499. The number of para-hydroxylation sites is 1. The number of carbonyl (C=O) groups excluding carboxylic acids is 2. The Balaban J connectivity index is 1.84. The number of nitrogens with zero attached hydrogens (tertiary/aromatic N) is 1. The van der Waals surface area contributed by atoms with Gasteiger partial charge in [0.2, 0.25) is 12.3 Å². The molecule has 1 aromatic rings. The highest BCUT2D eigenvalue weighted by Crippen LogP contribution is 2.33. The van der Waals surface area contributed by atoms with Crippen LogP contribution in [0.3, 0.4) is 0 Å². The largest absolute Gasteiger partial charge is 0.478 e. The molecule has 0 spiro atoms. The van der Waals surface area contributed by atoms with Crippen molar-refractivity contribution in [2.24, 2.45) is 5.92 Å². The number of aliphatic hydroxyl groups is 1. The lowest BCUT2D eigenvalue weighted by Gasteiger charge is -2.43. The van der Waals surface area contributed by atoms with E-state index in [1.807, 2.05) is 6.07 Å². The maximum absolute atomic E-state index is 12.1. The van der Waals surface area contributed by atoms with E-state index in [9.17, 15) is 14.7 Å². The van der Waals surface area contributed by atoms with Crippen molar-refractivity contribution < 1.29 is 28.9 Å². The van der Waals surface area contributed by atoms with Gasteiger partial charge >= 0.3 is 12.1 Å². The number of hydrogen-bond acceptors (Lipinski definition) is 6. The average molecular weight is 305 g/mol. The summed E-state index contributed by atoms with van der Waals surface area (Å²) in [5, 5.41) is 10.3. The average Bonchev–Trinajstić information content (AvgIpc) is 2.53. The highest BCUT2D eigenvalue weighted by atomic mass is 16.6. The Kier molecular flexibility index (Phi) is 3.72. The van der Waals surface area contributed by atoms with E-state index in [2.05, 4.69) is 4.74 Å². The van der Waals surface area contributed by atoms with Crippen LogP contribution in [0.25, 0.3) is 0 Å². The van der Waals surface area contributed by atoms with Gasteiger partial charge in [-0.15, -0.1) is 0 Å². The van der Waals surface area contributed by atoms with Crippen molar-refractivity contribution in [3.8, 4) is 5.75 Å². The second-order valence-electron chi connectivity index (χ2n) is 4.97. The van der Waals surface area contributed by atoms with Gasteiger partial charge in [0.15, 0.2) is 0 Å². The summed E-state index contributed by atoms with van der Waals surface area (Å²) in [6.45, 7) is 0. The van der Waals surface area contributed by atoms with Crippen molar-refractivity contribution in [3.05, 3.63) is 42.6 Å². The zero-order valence-electron chi connectivity index (χ0n) is 11.8. The Hall–Kier alpha value is -2.54. The van der Waals surface area contributed by atoms with E-state index < -0.39 is 36.4 Å². The summed E-state index contributed by atoms with van der Waals surface area (Å²) >= 11 is 0. The number of esters is 1. The molecule has 2 aliphatic rings. The Labute approximate surface area is 126 Å². The van der Waals surface area contributed by atoms with Crippen LogP contribution in [0.2, 0.25) is 0 Å². The molecule has 7 nitrogen and oxygen atoms in total. The fourth-order valence-corrected chi connectivity index (χ4v) is 2.54. The molecule has 1 amide bonds. The van der Waals surface area contributed by atoms with E-state index in [0.717, 1.165) is 4.90 Å². The molecule has 3 rings (SSSR count). The van der Waals surface area contributed by atoms with Crippen molar-refractivity contribution in [1.29, 1.82) is 0 Å². The van der Waals surface area contributed by atoms with E-state index in [1.165, 1.54) is 13.3 Å². The maximum Gasteiger partial charge on any atom is 0.416 e. The third-order valence-electron chi connectivity index (χ3n) is 3.64. The predicted octanol–water partition coefficient (Wildman–Crippen LogP) is 0.890. The summed E-state index contributed by atoms with van der Waals surface area (Å²) in [5.74, 6) is -0.742. The second-order valence-corrected chi connectivity index (χ2v) is 4.97. The lowest BCUT2D eigenvalue weighted by atomic mass is 9.89. The highest BCUT2D eigenvalue weighted by Gasteiger charge is 2.51. The van der Waals surface area contributed by atoms with Crippen LogP contribution in [0.5, 0.6) is 5.75 Å². The Morgan fingerprint density at radius 2 is 2.05 bits per heavy atom. The zero-order valence-corrected chi connectivity index (χ0v) is 11.8. The third kappa shape index (κ3) is 2.39. The van der Waals surface area contributed by atoms with Crippen molar-refractivity contribution >= 4 is 12.1 Å². The fourth-order valence-electron chi connectivity index (χ4n) is 2.54. The summed E-state index contributed by atoms with van der Waals surface area (Å²) < 4.78 is 15.4. The van der Waals surface area contributed by atoms with Crippen LogP contribution < -0.4 is 4.74 Å². The molecule has 1 aromatic carbocycles. The molecular weight excluding hydrogens is 290 g/mol. The fraction of sp³-hybridized carbons (Fsp3) is 0.333. The van der Waals surface area contributed by atoms with Gasteiger partial charge in [-0.05, 0) is 12.1 Å². The smallest absolute Gasteiger partial charge is 0.416 e. The van der Waals surface area contributed by atoms with E-state index >= 15 is 0 Å². The molecule has 0 aliphatic carbocycles. The minimum Gasteiger partial charge on any atom is -0.478 e. The van der Waals surface area contributed by atoms with Gasteiger partial charge in [-0.1, -0.05) is 24.3 Å². The van der Waals surface area contributed by atoms with Crippen molar-refractivity contribution in [2.75, 3.05) is 7.11 Å². The number of aliphatic hydroxyl groups excluding tert-OH is 1. The molecule has 2 heterocycles. The molecule has 1 N–H and O–H groups in total. The lowest BCUT2D eigenvalue weighted by molar-refractivity contribution is -0.201. The van der Waals surface area contributed by atoms with Crippen LogP contribution in [0.15, 0.2) is 42.6 Å². The van der Waals surface area contributed by atoms with Gasteiger partial charge in [-0.2, -0.15) is 0 Å². The quantitative estimate of drug-likeness (QED) is 0.817. The number of benzene rings is 1. The maximum atomic E-state index is 12.1. The number of ether oxygens (including phenoxy) is 3. The molecule has 0 aromatic heterocycles. The number of fused-ring (bicyclic) bond motifs is 2. The normalized spacial score (nSPS) is 29.7. The molecule has 7 heteroatoms. The topological polar surface area (TPSA) is 85.3 Å². The standard InChI is InChI=1S/C15H15NO6/c1-20-15(19)16-8-7-10-11(17)13(16)22-14(18)12(10)21-9-5-3-2-4-6-9/h2-8,10-13,17H,1H3/t10?,11-,12?,13?/m0/s1. The zero-order chi connectivity index (χ0) is 15.7. The van der Waals surface area contributed by atoms with Gasteiger partial charge in [0.25, 0.3) is 0 Å². The van der Waals surface area contributed by atoms with E-state index in [4.69, 9.17) is 9.47 Å². The lowest BCUT2D eigenvalue weighted by Crippen LogP contribution is -2.61. The second kappa shape index (κ2) is 5.69. The first-order chi connectivity index (χ1) is 10.6. The number of amides is 1. The van der Waals surface area contributed by atoms with Crippen LogP contribution >= 0.6 is 0 Å². The molecule has 2 bridgehead atoms.